The largest absolute Gasteiger partial charge is 0.487 e. The molecule has 4 nitrogen and oxygen atoms in total. The number of carbonyl (C=O) groups excluding carboxylic acids is 2. The first-order valence-electron chi connectivity index (χ1n) is 11.0. The summed E-state index contributed by atoms with van der Waals surface area (Å²) in [6, 6.07) is 23.7. The third-order valence-electron chi connectivity index (χ3n) is 5.64. The van der Waals surface area contributed by atoms with Crippen LogP contribution >= 0.6 is 43.6 Å². The molecule has 2 amide bonds. The highest BCUT2D eigenvalue weighted by Crippen LogP contribution is 2.38. The molecule has 0 spiro atoms. The van der Waals surface area contributed by atoms with Gasteiger partial charge in [-0.15, -0.1) is 0 Å². The maximum absolute atomic E-state index is 13.1. The molecule has 1 heterocycles. The summed E-state index contributed by atoms with van der Waals surface area (Å²) in [7, 11) is 0. The number of carbonyl (C=O) groups is 2. The van der Waals surface area contributed by atoms with Gasteiger partial charge in [0.05, 0.1) is 20.4 Å². The number of hydrogen-bond donors (Lipinski definition) is 0. The van der Waals surface area contributed by atoms with E-state index in [1.165, 1.54) is 17.0 Å². The number of ether oxygens (including phenoxy) is 1. The molecule has 4 aromatic carbocycles. The fourth-order valence-electron chi connectivity index (χ4n) is 3.84. The van der Waals surface area contributed by atoms with Crippen LogP contribution in [0, 0.1) is 5.82 Å². The van der Waals surface area contributed by atoms with Crippen LogP contribution in [0.4, 0.5) is 9.18 Å². The maximum Gasteiger partial charge on any atom is 0.293 e. The van der Waals surface area contributed by atoms with E-state index in [4.69, 9.17) is 4.74 Å². The normalized spacial score (nSPS) is 14.8. The van der Waals surface area contributed by atoms with Crippen LogP contribution < -0.4 is 4.74 Å². The van der Waals surface area contributed by atoms with Crippen LogP contribution in [0.25, 0.3) is 16.8 Å². The minimum atomic E-state index is -0.318. The van der Waals surface area contributed by atoms with Gasteiger partial charge >= 0.3 is 0 Å². The van der Waals surface area contributed by atoms with E-state index in [9.17, 15) is 14.0 Å². The average molecular weight is 627 g/mol. The van der Waals surface area contributed by atoms with Crippen molar-refractivity contribution in [1.82, 2.24) is 4.90 Å². The van der Waals surface area contributed by atoms with Crippen molar-refractivity contribution in [2.24, 2.45) is 0 Å². The number of nitrogens with zero attached hydrogens (tertiary/aromatic N) is 1. The van der Waals surface area contributed by atoms with E-state index in [1.807, 2.05) is 54.6 Å². The van der Waals surface area contributed by atoms with Crippen molar-refractivity contribution in [3.63, 3.8) is 0 Å². The Kier molecular flexibility index (Phi) is 7.27. The second kappa shape index (κ2) is 10.6. The number of rotatable bonds is 6. The second-order valence-electron chi connectivity index (χ2n) is 8.18. The summed E-state index contributed by atoms with van der Waals surface area (Å²) in [5.41, 5.74) is 2.46. The van der Waals surface area contributed by atoms with E-state index < -0.39 is 0 Å². The molecule has 0 saturated carbocycles. The minimum Gasteiger partial charge on any atom is -0.487 e. The van der Waals surface area contributed by atoms with E-state index in [1.54, 1.807) is 18.2 Å². The van der Waals surface area contributed by atoms with Crippen LogP contribution in [0.5, 0.6) is 5.75 Å². The molecule has 5 rings (SSSR count). The molecule has 0 atom stereocenters. The zero-order valence-corrected chi connectivity index (χ0v) is 22.7. The number of halogens is 3. The molecule has 4 aromatic rings. The third kappa shape index (κ3) is 5.40. The first-order chi connectivity index (χ1) is 17.4. The predicted molar refractivity (Wildman–Crippen MR) is 148 cm³/mol. The van der Waals surface area contributed by atoms with Crippen molar-refractivity contribution in [1.29, 1.82) is 0 Å². The molecule has 0 unspecified atom stereocenters. The Labute approximate surface area is 228 Å². The van der Waals surface area contributed by atoms with E-state index in [-0.39, 0.29) is 30.1 Å². The molecule has 1 aliphatic rings. The summed E-state index contributed by atoms with van der Waals surface area (Å²) < 4.78 is 20.4. The van der Waals surface area contributed by atoms with Crippen molar-refractivity contribution in [3.05, 3.63) is 115 Å². The summed E-state index contributed by atoms with van der Waals surface area (Å²) in [4.78, 5) is 27.3. The third-order valence-corrected chi connectivity index (χ3v) is 7.73. The quantitative estimate of drug-likeness (QED) is 0.202. The summed E-state index contributed by atoms with van der Waals surface area (Å²) in [6.45, 7) is 0.487. The number of thioether (sulfide) groups is 1. The maximum atomic E-state index is 13.1. The molecular formula is C28H18Br2FNO3S. The van der Waals surface area contributed by atoms with Crippen LogP contribution in [-0.4, -0.2) is 16.0 Å². The summed E-state index contributed by atoms with van der Waals surface area (Å²) in [5.74, 6) is -0.0323. The Morgan fingerprint density at radius 3 is 2.25 bits per heavy atom. The molecule has 8 heteroatoms. The predicted octanol–water partition coefficient (Wildman–Crippen LogP) is 8.32. The fraction of sp³-hybridized carbons (Fsp3) is 0.0714. The molecular weight excluding hydrogens is 609 g/mol. The van der Waals surface area contributed by atoms with E-state index in [0.717, 1.165) is 39.2 Å². The SMILES string of the molecule is O=C1S/C(=C\c2cc(Br)c(OCc3ccc(F)cc3)c(Br)c2)C(=O)N1Cc1ccc2ccccc2c1. The molecule has 180 valence electrons. The summed E-state index contributed by atoms with van der Waals surface area (Å²) >= 11 is 7.97. The molecule has 0 N–H and O–H groups in total. The smallest absolute Gasteiger partial charge is 0.293 e. The standard InChI is InChI=1S/C28H18Br2FNO3S/c29-23-12-19(13-24(30)26(23)35-16-17-6-9-22(31)10-7-17)14-25-27(33)32(28(34)36-25)15-18-5-8-20-3-1-2-4-21(20)11-18/h1-14H,15-16H2/b25-14-. The van der Waals surface area contributed by atoms with E-state index in [2.05, 4.69) is 31.9 Å². The highest BCUT2D eigenvalue weighted by Gasteiger charge is 2.35. The molecule has 0 aliphatic carbocycles. The van der Waals surface area contributed by atoms with Crippen LogP contribution in [-0.2, 0) is 17.9 Å². The van der Waals surface area contributed by atoms with Crippen LogP contribution in [0.2, 0.25) is 0 Å². The fourth-order valence-corrected chi connectivity index (χ4v) is 6.13. The van der Waals surface area contributed by atoms with E-state index in [0.29, 0.717) is 19.6 Å². The van der Waals surface area contributed by atoms with Gasteiger partial charge in [0.2, 0.25) is 0 Å². The zero-order valence-electron chi connectivity index (χ0n) is 18.7. The van der Waals surface area contributed by atoms with Crippen molar-refractivity contribution in [3.8, 4) is 5.75 Å². The van der Waals surface area contributed by atoms with Gasteiger partial charge in [0.25, 0.3) is 11.1 Å². The first-order valence-corrected chi connectivity index (χ1v) is 13.4. The number of imide groups is 1. The van der Waals surface area contributed by atoms with Gasteiger partial charge in [-0.25, -0.2) is 4.39 Å². The Bertz CT molecular complexity index is 1500. The number of amides is 2. The summed E-state index contributed by atoms with van der Waals surface area (Å²) in [6.07, 6.45) is 1.70. The molecule has 0 bridgehead atoms. The van der Waals surface area contributed by atoms with Crippen molar-refractivity contribution < 1.29 is 18.7 Å². The van der Waals surface area contributed by atoms with Crippen LogP contribution in [0.1, 0.15) is 16.7 Å². The van der Waals surface area contributed by atoms with Crippen molar-refractivity contribution in [2.45, 2.75) is 13.2 Å². The highest BCUT2D eigenvalue weighted by atomic mass is 79.9. The Morgan fingerprint density at radius 2 is 1.53 bits per heavy atom. The molecule has 1 aliphatic heterocycles. The van der Waals surface area contributed by atoms with Crippen molar-refractivity contribution in [2.75, 3.05) is 0 Å². The molecule has 0 aromatic heterocycles. The van der Waals surface area contributed by atoms with E-state index >= 15 is 0 Å². The first kappa shape index (κ1) is 24.7. The van der Waals surface area contributed by atoms with Crippen LogP contribution in [0.3, 0.4) is 0 Å². The lowest BCUT2D eigenvalue weighted by atomic mass is 10.1. The summed E-state index contributed by atoms with van der Waals surface area (Å²) in [5, 5.41) is 1.88. The van der Waals surface area contributed by atoms with Gasteiger partial charge in [-0.2, -0.15) is 0 Å². The van der Waals surface area contributed by atoms with Gasteiger partial charge in [-0.1, -0.05) is 48.5 Å². The van der Waals surface area contributed by atoms with Gasteiger partial charge in [0.15, 0.2) is 0 Å². The Balaban J connectivity index is 1.31. The minimum absolute atomic E-state index is 0.219. The second-order valence-corrected chi connectivity index (χ2v) is 10.9. The molecule has 36 heavy (non-hydrogen) atoms. The number of hydrogen-bond acceptors (Lipinski definition) is 4. The lowest BCUT2D eigenvalue weighted by molar-refractivity contribution is -0.123. The monoisotopic (exact) mass is 625 g/mol. The van der Waals surface area contributed by atoms with Gasteiger partial charge in [-0.05, 0) is 107 Å². The number of fused-ring (bicyclic) bond motifs is 1. The highest BCUT2D eigenvalue weighted by molar-refractivity contribution is 9.11. The Morgan fingerprint density at radius 1 is 0.861 bits per heavy atom. The van der Waals surface area contributed by atoms with Gasteiger partial charge in [-0.3, -0.25) is 14.5 Å². The van der Waals surface area contributed by atoms with Gasteiger partial charge in [0, 0.05) is 0 Å². The molecule has 1 fully saturated rings. The topological polar surface area (TPSA) is 46.6 Å². The van der Waals surface area contributed by atoms with Crippen molar-refractivity contribution >= 4 is 71.6 Å². The molecule has 1 saturated heterocycles. The lowest BCUT2D eigenvalue weighted by Gasteiger charge is -2.13. The van der Waals surface area contributed by atoms with Gasteiger partial charge in [0.1, 0.15) is 18.2 Å². The Hall–Kier alpha value is -2.94. The zero-order chi connectivity index (χ0) is 25.2. The van der Waals surface area contributed by atoms with Gasteiger partial charge < -0.3 is 4.74 Å². The molecule has 0 radical (unpaired) electrons. The lowest BCUT2D eigenvalue weighted by Crippen LogP contribution is -2.27. The van der Waals surface area contributed by atoms with Crippen LogP contribution in [0.15, 0.2) is 92.7 Å². The number of benzene rings is 4. The average Bonchev–Trinajstić information content (AvgIpc) is 3.12.